The first kappa shape index (κ1) is 13.9. The third kappa shape index (κ3) is 2.58. The Hall–Kier alpha value is -1.56. The molecule has 19 heavy (non-hydrogen) atoms. The predicted molar refractivity (Wildman–Crippen MR) is 73.4 cm³/mol. The molecule has 6 heteroatoms. The molecule has 2 heterocycles. The Morgan fingerprint density at radius 1 is 1.58 bits per heavy atom. The van der Waals surface area contributed by atoms with Gasteiger partial charge in [0, 0.05) is 25.0 Å². The Kier molecular flexibility index (Phi) is 4.09. The Labute approximate surface area is 116 Å². The van der Waals surface area contributed by atoms with Crippen molar-refractivity contribution < 1.29 is 14.7 Å². The van der Waals surface area contributed by atoms with Crippen LogP contribution < -0.4 is 0 Å². The van der Waals surface area contributed by atoms with Gasteiger partial charge in [-0.3, -0.25) is 0 Å². The van der Waals surface area contributed by atoms with Crippen molar-refractivity contribution in [2.24, 2.45) is 0 Å². The Morgan fingerprint density at radius 3 is 2.95 bits per heavy atom. The van der Waals surface area contributed by atoms with E-state index in [4.69, 9.17) is 0 Å². The minimum Gasteiger partial charge on any atom is -0.479 e. The summed E-state index contributed by atoms with van der Waals surface area (Å²) in [4.78, 5) is 28.0. The number of aliphatic carboxylic acids is 1. The summed E-state index contributed by atoms with van der Waals surface area (Å²) in [6.07, 6.45) is 1.60. The van der Waals surface area contributed by atoms with Crippen LogP contribution in [0.2, 0.25) is 0 Å². The first-order chi connectivity index (χ1) is 9.06. The first-order valence-corrected chi connectivity index (χ1v) is 7.25. The maximum atomic E-state index is 12.3. The fourth-order valence-corrected chi connectivity index (χ4v) is 3.34. The molecule has 2 amide bonds. The molecule has 0 spiro atoms. The average Bonchev–Trinajstić information content (AvgIpc) is 2.84. The minimum absolute atomic E-state index is 0.203. The van der Waals surface area contributed by atoms with E-state index in [0.717, 1.165) is 23.3 Å². The molecule has 1 aliphatic heterocycles. The minimum atomic E-state index is -0.961. The molecule has 0 fully saturated rings. The lowest BCUT2D eigenvalue weighted by molar-refractivity contribution is -0.143. The van der Waals surface area contributed by atoms with E-state index in [-0.39, 0.29) is 6.03 Å². The number of fused-ring (bicyclic) bond motifs is 1. The molecule has 2 rings (SSSR count). The van der Waals surface area contributed by atoms with Gasteiger partial charge >= 0.3 is 12.0 Å². The molecule has 0 saturated carbocycles. The summed E-state index contributed by atoms with van der Waals surface area (Å²) in [5, 5.41) is 11.3. The molecule has 104 valence electrons. The van der Waals surface area contributed by atoms with Crippen LogP contribution in [-0.4, -0.2) is 47.0 Å². The van der Waals surface area contributed by atoms with Crippen molar-refractivity contribution in [3.05, 3.63) is 21.9 Å². The summed E-state index contributed by atoms with van der Waals surface area (Å²) in [6.45, 7) is 3.10. The van der Waals surface area contributed by atoms with Gasteiger partial charge in [0.25, 0.3) is 0 Å². The number of nitrogens with zero attached hydrogens (tertiary/aromatic N) is 2. The number of amides is 2. The topological polar surface area (TPSA) is 60.9 Å². The Morgan fingerprint density at radius 2 is 2.32 bits per heavy atom. The van der Waals surface area contributed by atoms with Crippen LogP contribution in [0.5, 0.6) is 0 Å². The van der Waals surface area contributed by atoms with Crippen molar-refractivity contribution in [2.45, 2.75) is 25.8 Å². The van der Waals surface area contributed by atoms with E-state index in [0.29, 0.717) is 13.1 Å². The van der Waals surface area contributed by atoms with Crippen LogP contribution in [0.4, 0.5) is 4.79 Å². The monoisotopic (exact) mass is 282 g/mol. The average molecular weight is 282 g/mol. The summed E-state index contributed by atoms with van der Waals surface area (Å²) in [7, 11) is 1.72. The van der Waals surface area contributed by atoms with E-state index < -0.39 is 12.0 Å². The van der Waals surface area contributed by atoms with E-state index in [1.807, 2.05) is 18.4 Å². The first-order valence-electron chi connectivity index (χ1n) is 6.37. The third-order valence-electron chi connectivity index (χ3n) is 3.33. The van der Waals surface area contributed by atoms with E-state index in [9.17, 15) is 14.7 Å². The third-order valence-corrected chi connectivity index (χ3v) is 4.33. The lowest BCUT2D eigenvalue weighted by Crippen LogP contribution is -2.48. The van der Waals surface area contributed by atoms with Gasteiger partial charge in [0.2, 0.25) is 0 Å². The molecule has 1 aliphatic rings. The van der Waals surface area contributed by atoms with Gasteiger partial charge in [-0.1, -0.05) is 6.92 Å². The van der Waals surface area contributed by atoms with Gasteiger partial charge in [0.15, 0.2) is 6.04 Å². The summed E-state index contributed by atoms with van der Waals surface area (Å²) in [6, 6.07) is 0.769. The van der Waals surface area contributed by atoms with Crippen LogP contribution in [-0.2, 0) is 11.2 Å². The van der Waals surface area contributed by atoms with E-state index in [2.05, 4.69) is 0 Å². The number of carboxylic acid groups (broad SMARTS) is 1. The molecule has 5 nitrogen and oxygen atoms in total. The van der Waals surface area contributed by atoms with Gasteiger partial charge < -0.3 is 14.9 Å². The van der Waals surface area contributed by atoms with Crippen molar-refractivity contribution in [1.82, 2.24) is 9.80 Å². The highest BCUT2D eigenvalue weighted by Gasteiger charge is 2.37. The largest absolute Gasteiger partial charge is 0.479 e. The highest BCUT2D eigenvalue weighted by molar-refractivity contribution is 7.10. The van der Waals surface area contributed by atoms with Crippen LogP contribution >= 0.6 is 11.3 Å². The maximum absolute atomic E-state index is 12.3. The lowest BCUT2D eigenvalue weighted by atomic mass is 10.0. The van der Waals surface area contributed by atoms with Crippen molar-refractivity contribution >= 4 is 23.3 Å². The van der Waals surface area contributed by atoms with Gasteiger partial charge in [-0.15, -0.1) is 11.3 Å². The van der Waals surface area contributed by atoms with E-state index in [1.54, 1.807) is 23.3 Å². The van der Waals surface area contributed by atoms with Gasteiger partial charge in [-0.05, 0) is 29.9 Å². The molecule has 0 aliphatic carbocycles. The molecule has 1 aromatic rings. The molecule has 1 atom stereocenters. The summed E-state index contributed by atoms with van der Waals surface area (Å²) >= 11 is 1.56. The highest BCUT2D eigenvalue weighted by Crippen LogP contribution is 2.33. The number of hydrogen-bond acceptors (Lipinski definition) is 3. The van der Waals surface area contributed by atoms with Gasteiger partial charge in [0.05, 0.1) is 0 Å². The number of carbonyl (C=O) groups is 2. The fourth-order valence-electron chi connectivity index (χ4n) is 2.44. The SMILES string of the molecule is CCCN(C)C(=O)N1CCc2sccc2C1C(=O)O. The molecule has 1 N–H and O–H groups in total. The highest BCUT2D eigenvalue weighted by atomic mass is 32.1. The standard InChI is InChI=1S/C13H18N2O3S/c1-3-6-14(2)13(18)15-7-4-10-9(5-8-19-10)11(15)12(16)17/h5,8,11H,3-4,6-7H2,1-2H3,(H,16,17). The number of carboxylic acids is 1. The molecular formula is C13H18N2O3S. The summed E-state index contributed by atoms with van der Waals surface area (Å²) < 4.78 is 0. The van der Waals surface area contributed by atoms with Crippen molar-refractivity contribution in [1.29, 1.82) is 0 Å². The second kappa shape index (κ2) is 5.61. The Balaban J connectivity index is 2.26. The normalized spacial score (nSPS) is 18.0. The zero-order valence-electron chi connectivity index (χ0n) is 11.1. The van der Waals surface area contributed by atoms with Crippen molar-refractivity contribution in [3.8, 4) is 0 Å². The lowest BCUT2D eigenvalue weighted by Gasteiger charge is -2.35. The molecule has 0 bridgehead atoms. The fraction of sp³-hybridized carbons (Fsp3) is 0.538. The van der Waals surface area contributed by atoms with Crippen LogP contribution in [0.15, 0.2) is 11.4 Å². The van der Waals surface area contributed by atoms with Gasteiger partial charge in [0.1, 0.15) is 0 Å². The number of urea groups is 1. The van der Waals surface area contributed by atoms with Crippen LogP contribution in [0.25, 0.3) is 0 Å². The molecule has 0 radical (unpaired) electrons. The predicted octanol–water partition coefficient (Wildman–Crippen LogP) is 2.19. The zero-order valence-corrected chi connectivity index (χ0v) is 11.9. The maximum Gasteiger partial charge on any atom is 0.331 e. The number of hydrogen-bond donors (Lipinski definition) is 1. The zero-order chi connectivity index (χ0) is 14.0. The summed E-state index contributed by atoms with van der Waals surface area (Å²) in [5.41, 5.74) is 0.766. The van der Waals surface area contributed by atoms with Crippen LogP contribution in [0, 0.1) is 0 Å². The van der Waals surface area contributed by atoms with Crippen LogP contribution in [0.3, 0.4) is 0 Å². The second-order valence-corrected chi connectivity index (χ2v) is 5.69. The summed E-state index contributed by atoms with van der Waals surface area (Å²) in [5.74, 6) is -0.961. The van der Waals surface area contributed by atoms with Crippen molar-refractivity contribution in [3.63, 3.8) is 0 Å². The smallest absolute Gasteiger partial charge is 0.331 e. The van der Waals surface area contributed by atoms with E-state index >= 15 is 0 Å². The number of rotatable bonds is 3. The van der Waals surface area contributed by atoms with E-state index in [1.165, 1.54) is 4.90 Å². The molecule has 1 aromatic heterocycles. The Bertz CT molecular complexity index is 486. The van der Waals surface area contributed by atoms with Crippen molar-refractivity contribution in [2.75, 3.05) is 20.1 Å². The molecular weight excluding hydrogens is 264 g/mol. The molecule has 1 unspecified atom stereocenters. The second-order valence-electron chi connectivity index (χ2n) is 4.69. The quantitative estimate of drug-likeness (QED) is 0.924. The van der Waals surface area contributed by atoms with Gasteiger partial charge in [-0.2, -0.15) is 0 Å². The molecule has 0 aromatic carbocycles. The number of carbonyl (C=O) groups excluding carboxylic acids is 1. The van der Waals surface area contributed by atoms with Crippen LogP contribution in [0.1, 0.15) is 29.8 Å². The van der Waals surface area contributed by atoms with Gasteiger partial charge in [-0.25, -0.2) is 9.59 Å². The molecule has 0 saturated heterocycles. The number of thiophene rings is 1.